The molecule has 0 bridgehead atoms. The maximum Gasteiger partial charge on any atom is 0.314 e. The Morgan fingerprint density at radius 1 is 1.10 bits per heavy atom. The quantitative estimate of drug-likeness (QED) is 0.0696. The van der Waals surface area contributed by atoms with Crippen molar-refractivity contribution in [1.29, 1.82) is 0 Å². The second-order valence-corrected chi connectivity index (χ2v) is 13.6. The number of carbonyl (C=O) groups is 3. The predicted octanol–water partition coefficient (Wildman–Crippen LogP) is 8.80. The molecule has 3 unspecified atom stereocenters. The summed E-state index contributed by atoms with van der Waals surface area (Å²) < 4.78 is 10.5. The molecule has 2 rings (SSSR count). The van der Waals surface area contributed by atoms with E-state index in [-0.39, 0.29) is 37.0 Å². The number of ether oxygens (including phenoxy) is 2. The lowest BCUT2D eigenvalue weighted by molar-refractivity contribution is -0.159. The number of nitrogens with two attached hydrogens (primary N) is 1. The van der Waals surface area contributed by atoms with Gasteiger partial charge >= 0.3 is 5.97 Å². The molecular formula is C40H59ClN2O6. The van der Waals surface area contributed by atoms with Crippen LogP contribution in [0.25, 0.3) is 6.08 Å². The number of hydrogen-bond acceptors (Lipinski definition) is 6. The molecule has 2 amide bonds. The first-order chi connectivity index (χ1) is 23.0. The Morgan fingerprint density at radius 2 is 1.76 bits per heavy atom. The highest BCUT2D eigenvalue weighted by molar-refractivity contribution is 6.32. The number of rotatable bonds is 16. The number of esters is 1. The number of primary amides is 1. The number of hydrogen-bond donors (Lipinski definition) is 3. The summed E-state index contributed by atoms with van der Waals surface area (Å²) in [5.41, 5.74) is 6.94. The standard InChI is InChI=1S/C30H45NO4.C9H11ClO.CH3NO/c1-21(2)18-27(25(6)32)35-29(34)30(7,8)20-31-28(33)15-10-9-13-23(4)24(5)16-17-26-14-11-12-22(3)19-26;1-3-7-4-5-9(11-2)8(10)6-7;2-1-3/h9-12,14,16-17,19,21,23-24,27,32H,6,13,15,18,20H2,1-5,7-8H3,(H,31,33);4-6H,3H2,1-2H3;1H,(H2,2,3)/b10-9+,17-16+;;. The second kappa shape index (κ2) is 24.2. The number of benzene rings is 2. The van der Waals surface area contributed by atoms with Crippen molar-refractivity contribution in [3.05, 3.63) is 94.7 Å². The number of aryl methyl sites for hydroxylation is 2. The van der Waals surface area contributed by atoms with Gasteiger partial charge < -0.3 is 25.6 Å². The van der Waals surface area contributed by atoms with Crippen LogP contribution in [0.1, 0.15) is 84.4 Å². The van der Waals surface area contributed by atoms with E-state index in [0.29, 0.717) is 23.3 Å². The molecule has 0 fully saturated rings. The van der Waals surface area contributed by atoms with Crippen LogP contribution in [0.3, 0.4) is 0 Å². The molecule has 3 atom stereocenters. The molecular weight excluding hydrogens is 640 g/mol. The molecule has 0 saturated heterocycles. The van der Waals surface area contributed by atoms with Crippen molar-refractivity contribution in [2.45, 2.75) is 87.2 Å². The molecule has 0 radical (unpaired) electrons. The Labute approximate surface area is 299 Å². The number of halogens is 1. The molecule has 0 aliphatic heterocycles. The molecule has 0 heterocycles. The summed E-state index contributed by atoms with van der Waals surface area (Å²) in [7, 11) is 1.62. The summed E-state index contributed by atoms with van der Waals surface area (Å²) in [4.78, 5) is 33.4. The first kappa shape index (κ1) is 45.0. The minimum absolute atomic E-state index is 0.146. The van der Waals surface area contributed by atoms with E-state index in [4.69, 9.17) is 25.9 Å². The Hall–Kier alpha value is -4.04. The predicted molar refractivity (Wildman–Crippen MR) is 202 cm³/mol. The Bertz CT molecular complexity index is 1370. The highest BCUT2D eigenvalue weighted by Crippen LogP contribution is 2.25. The van der Waals surface area contributed by atoms with Crippen molar-refractivity contribution in [1.82, 2.24) is 5.32 Å². The molecule has 272 valence electrons. The number of aliphatic hydroxyl groups excluding tert-OH is 1. The number of aliphatic hydroxyl groups is 1. The first-order valence-electron chi connectivity index (χ1n) is 16.7. The summed E-state index contributed by atoms with van der Waals surface area (Å²) in [6, 6.07) is 14.3. The van der Waals surface area contributed by atoms with Gasteiger partial charge in [-0.05, 0) is 81.0 Å². The molecule has 2 aromatic carbocycles. The lowest BCUT2D eigenvalue weighted by Crippen LogP contribution is -2.41. The Balaban J connectivity index is 0.00000136. The third kappa shape index (κ3) is 19.5. The average molecular weight is 699 g/mol. The summed E-state index contributed by atoms with van der Waals surface area (Å²) in [6.45, 7) is 19.6. The molecule has 0 aromatic heterocycles. The van der Waals surface area contributed by atoms with Crippen LogP contribution in [0.5, 0.6) is 5.75 Å². The van der Waals surface area contributed by atoms with Crippen LogP contribution >= 0.6 is 11.6 Å². The first-order valence-corrected chi connectivity index (χ1v) is 17.1. The van der Waals surface area contributed by atoms with Crippen LogP contribution in [0, 0.1) is 30.1 Å². The molecule has 0 aliphatic carbocycles. The van der Waals surface area contributed by atoms with Crippen molar-refractivity contribution in [3.8, 4) is 5.75 Å². The zero-order valence-corrected chi connectivity index (χ0v) is 31.7. The van der Waals surface area contributed by atoms with Crippen LogP contribution in [-0.2, 0) is 25.5 Å². The molecule has 2 aromatic rings. The zero-order chi connectivity index (χ0) is 37.6. The Kier molecular flexibility index (Phi) is 22.2. The SMILES string of the molecule is C=C(O)C(CC(C)C)OC(=O)C(C)(C)CNC(=O)C/C=C/CC(C)C(C)/C=C/c1cccc(C)c1.CCc1ccc(OC)c(Cl)c1.NC=O. The smallest absolute Gasteiger partial charge is 0.314 e. The number of carbonyl (C=O) groups excluding carboxylic acids is 3. The number of methoxy groups -OCH3 is 1. The fourth-order valence-corrected chi connectivity index (χ4v) is 4.59. The maximum absolute atomic E-state index is 12.6. The fraction of sp³-hybridized carbons (Fsp3) is 0.475. The summed E-state index contributed by atoms with van der Waals surface area (Å²) in [6.07, 6.45) is 10.5. The maximum atomic E-state index is 12.6. The van der Waals surface area contributed by atoms with Gasteiger partial charge in [0.15, 0.2) is 6.10 Å². The third-order valence-electron chi connectivity index (χ3n) is 7.72. The van der Waals surface area contributed by atoms with Crippen LogP contribution in [0.15, 0.2) is 73.0 Å². The molecule has 49 heavy (non-hydrogen) atoms. The third-order valence-corrected chi connectivity index (χ3v) is 8.02. The summed E-state index contributed by atoms with van der Waals surface area (Å²) in [5.74, 6) is 1.05. The highest BCUT2D eigenvalue weighted by Gasteiger charge is 2.33. The van der Waals surface area contributed by atoms with Crippen molar-refractivity contribution < 1.29 is 29.0 Å². The van der Waals surface area contributed by atoms with Gasteiger partial charge in [0.25, 0.3) is 0 Å². The van der Waals surface area contributed by atoms with E-state index >= 15 is 0 Å². The van der Waals surface area contributed by atoms with Crippen LogP contribution in [-0.4, -0.2) is 43.2 Å². The van der Waals surface area contributed by atoms with E-state index in [1.165, 1.54) is 16.7 Å². The van der Waals surface area contributed by atoms with Crippen molar-refractivity contribution in [3.63, 3.8) is 0 Å². The molecule has 0 spiro atoms. The Morgan fingerprint density at radius 3 is 2.29 bits per heavy atom. The van der Waals surface area contributed by atoms with Crippen LogP contribution in [0.4, 0.5) is 0 Å². The minimum atomic E-state index is -0.919. The number of nitrogens with one attached hydrogen (secondary N) is 1. The topological polar surface area (TPSA) is 128 Å². The number of amides is 2. The monoisotopic (exact) mass is 698 g/mol. The van der Waals surface area contributed by atoms with E-state index in [2.05, 4.69) is 81.7 Å². The van der Waals surface area contributed by atoms with Gasteiger partial charge in [0.1, 0.15) is 11.5 Å². The van der Waals surface area contributed by atoms with Gasteiger partial charge in [-0.3, -0.25) is 14.4 Å². The normalized spacial score (nSPS) is 13.0. The van der Waals surface area contributed by atoms with Crippen LogP contribution in [0.2, 0.25) is 5.02 Å². The van der Waals surface area contributed by atoms with Gasteiger partial charge in [-0.25, -0.2) is 0 Å². The lowest BCUT2D eigenvalue weighted by Gasteiger charge is -2.27. The molecule has 0 aliphatic rings. The van der Waals surface area contributed by atoms with Crippen molar-refractivity contribution >= 4 is 36.0 Å². The molecule has 0 saturated carbocycles. The van der Waals surface area contributed by atoms with E-state index in [1.54, 1.807) is 21.0 Å². The summed E-state index contributed by atoms with van der Waals surface area (Å²) in [5, 5.41) is 13.2. The van der Waals surface area contributed by atoms with E-state index in [1.807, 2.05) is 44.2 Å². The zero-order valence-electron chi connectivity index (χ0n) is 30.9. The van der Waals surface area contributed by atoms with E-state index in [9.17, 15) is 14.7 Å². The lowest BCUT2D eigenvalue weighted by atomic mass is 9.91. The van der Waals surface area contributed by atoms with Crippen molar-refractivity contribution in [2.75, 3.05) is 13.7 Å². The molecule has 8 nitrogen and oxygen atoms in total. The largest absolute Gasteiger partial charge is 0.509 e. The fourth-order valence-electron chi connectivity index (χ4n) is 4.30. The molecule has 9 heteroatoms. The summed E-state index contributed by atoms with van der Waals surface area (Å²) >= 11 is 5.88. The number of allylic oxidation sites excluding steroid dienone is 2. The van der Waals surface area contributed by atoms with Gasteiger partial charge in [0, 0.05) is 13.0 Å². The van der Waals surface area contributed by atoms with E-state index in [0.717, 1.165) is 18.6 Å². The second-order valence-electron chi connectivity index (χ2n) is 13.2. The van der Waals surface area contributed by atoms with E-state index < -0.39 is 17.5 Å². The van der Waals surface area contributed by atoms with Crippen LogP contribution < -0.4 is 15.8 Å². The highest BCUT2D eigenvalue weighted by atomic mass is 35.5. The van der Waals surface area contributed by atoms with Gasteiger partial charge in [0.05, 0.1) is 17.5 Å². The van der Waals surface area contributed by atoms with Gasteiger partial charge in [-0.15, -0.1) is 0 Å². The average Bonchev–Trinajstić information content (AvgIpc) is 3.04. The minimum Gasteiger partial charge on any atom is -0.509 e. The van der Waals surface area contributed by atoms with Crippen molar-refractivity contribution in [2.24, 2.45) is 28.9 Å². The van der Waals surface area contributed by atoms with Gasteiger partial charge in [-0.1, -0.05) is 113 Å². The van der Waals surface area contributed by atoms with Gasteiger partial charge in [-0.2, -0.15) is 0 Å². The van der Waals surface area contributed by atoms with Gasteiger partial charge in [0.2, 0.25) is 12.3 Å². The molecule has 4 N–H and O–H groups in total.